The average Bonchev–Trinajstić information content (AvgIpc) is 3.04. The molecule has 1 atom stereocenters. The van der Waals surface area contributed by atoms with Crippen LogP contribution in [-0.2, 0) is 13.5 Å². The molecule has 140 valence electrons. The predicted octanol–water partition coefficient (Wildman–Crippen LogP) is 4.43. The highest BCUT2D eigenvalue weighted by Crippen LogP contribution is 2.22. The van der Waals surface area contributed by atoms with Gasteiger partial charge >= 0.3 is 0 Å². The van der Waals surface area contributed by atoms with Gasteiger partial charge in [-0.15, -0.1) is 0 Å². The van der Waals surface area contributed by atoms with Crippen LogP contribution in [0.3, 0.4) is 0 Å². The van der Waals surface area contributed by atoms with E-state index in [0.717, 1.165) is 22.4 Å². The number of fused-ring (bicyclic) bond motifs is 1. The van der Waals surface area contributed by atoms with Crippen LogP contribution in [0.4, 0.5) is 4.39 Å². The molecule has 1 heterocycles. The molecule has 4 aromatic rings. The summed E-state index contributed by atoms with van der Waals surface area (Å²) in [5.41, 5.74) is 2.92. The smallest absolute Gasteiger partial charge is 0.254 e. The lowest BCUT2D eigenvalue weighted by Crippen LogP contribution is -2.31. The number of rotatable bonds is 5. The van der Waals surface area contributed by atoms with Crippen molar-refractivity contribution in [1.29, 1.82) is 0 Å². The number of imidazole rings is 1. The molecule has 3 aromatic carbocycles. The molecule has 0 radical (unpaired) electrons. The van der Waals surface area contributed by atoms with E-state index in [0.29, 0.717) is 6.42 Å². The van der Waals surface area contributed by atoms with E-state index in [1.54, 1.807) is 12.1 Å². The van der Waals surface area contributed by atoms with Gasteiger partial charge in [-0.3, -0.25) is 4.79 Å². The Morgan fingerprint density at radius 2 is 1.68 bits per heavy atom. The largest absolute Gasteiger partial charge is 0.345 e. The van der Waals surface area contributed by atoms with Gasteiger partial charge < -0.3 is 9.88 Å². The van der Waals surface area contributed by atoms with E-state index in [-0.39, 0.29) is 11.6 Å². The molecule has 0 saturated carbocycles. The maximum Gasteiger partial charge on any atom is 0.254 e. The summed E-state index contributed by atoms with van der Waals surface area (Å²) in [5.74, 6) is -0.121. The van der Waals surface area contributed by atoms with Gasteiger partial charge in [0.1, 0.15) is 11.6 Å². The Hall–Kier alpha value is -3.47. The fraction of sp³-hybridized carbons (Fsp3) is 0.130. The summed E-state index contributed by atoms with van der Waals surface area (Å²) >= 11 is 0. The Labute approximate surface area is 162 Å². The van der Waals surface area contributed by atoms with Crippen LogP contribution >= 0.6 is 0 Å². The van der Waals surface area contributed by atoms with Gasteiger partial charge in [0.25, 0.3) is 5.91 Å². The van der Waals surface area contributed by atoms with Crippen LogP contribution in [0.5, 0.6) is 0 Å². The third kappa shape index (κ3) is 3.51. The molecule has 4 rings (SSSR count). The standard InChI is InChI=1S/C23H20FN3O/c1-27-21-14-8-7-13-19(21)25-22(27)15-20(16-9-3-2-4-10-16)26-23(28)17-11-5-6-12-18(17)24/h2-14,20H,15H2,1H3,(H,26,28)/t20-/m0/s1. The number of para-hydroxylation sites is 2. The number of carbonyl (C=O) groups excluding carboxylic acids is 1. The molecule has 0 aliphatic rings. The second kappa shape index (κ2) is 7.64. The topological polar surface area (TPSA) is 46.9 Å². The predicted molar refractivity (Wildman–Crippen MR) is 107 cm³/mol. The molecule has 4 nitrogen and oxygen atoms in total. The van der Waals surface area contributed by atoms with Crippen LogP contribution in [0.2, 0.25) is 0 Å². The van der Waals surface area contributed by atoms with Gasteiger partial charge in [-0.25, -0.2) is 9.37 Å². The first-order valence-corrected chi connectivity index (χ1v) is 9.14. The van der Waals surface area contributed by atoms with Crippen molar-refractivity contribution >= 4 is 16.9 Å². The monoisotopic (exact) mass is 373 g/mol. The number of hydrogen-bond acceptors (Lipinski definition) is 2. The highest BCUT2D eigenvalue weighted by Gasteiger charge is 2.21. The second-order valence-corrected chi connectivity index (χ2v) is 6.70. The minimum atomic E-state index is -0.533. The molecule has 1 amide bonds. The van der Waals surface area contributed by atoms with Gasteiger partial charge in [-0.2, -0.15) is 0 Å². The molecule has 0 bridgehead atoms. The van der Waals surface area contributed by atoms with Crippen molar-refractivity contribution in [3.63, 3.8) is 0 Å². The minimum absolute atomic E-state index is 0.0356. The van der Waals surface area contributed by atoms with Gasteiger partial charge in [-0.05, 0) is 29.8 Å². The van der Waals surface area contributed by atoms with E-state index in [1.807, 2.05) is 66.2 Å². The molecule has 0 unspecified atom stereocenters. The van der Waals surface area contributed by atoms with Crippen LogP contribution in [0.25, 0.3) is 11.0 Å². The first kappa shape index (κ1) is 17.9. The summed E-state index contributed by atoms with van der Waals surface area (Å²) < 4.78 is 16.1. The third-order valence-corrected chi connectivity index (χ3v) is 4.89. The lowest BCUT2D eigenvalue weighted by Gasteiger charge is -2.19. The summed E-state index contributed by atoms with van der Waals surface area (Å²) in [5, 5.41) is 2.98. The quantitative estimate of drug-likeness (QED) is 0.563. The molecule has 0 aliphatic heterocycles. The highest BCUT2D eigenvalue weighted by atomic mass is 19.1. The van der Waals surface area contributed by atoms with E-state index in [9.17, 15) is 9.18 Å². The van der Waals surface area contributed by atoms with E-state index in [1.165, 1.54) is 12.1 Å². The molecule has 1 N–H and O–H groups in total. The SMILES string of the molecule is Cn1c(C[C@H](NC(=O)c2ccccc2F)c2ccccc2)nc2ccccc21. The van der Waals surface area contributed by atoms with Crippen LogP contribution in [0.15, 0.2) is 78.9 Å². The zero-order valence-electron chi connectivity index (χ0n) is 15.5. The Bertz CT molecular complexity index is 1120. The molecule has 5 heteroatoms. The molecular weight excluding hydrogens is 353 g/mol. The molecule has 0 aliphatic carbocycles. The van der Waals surface area contributed by atoms with Crippen molar-refractivity contribution in [3.05, 3.63) is 102 Å². The van der Waals surface area contributed by atoms with E-state index in [2.05, 4.69) is 5.32 Å². The number of halogens is 1. The highest BCUT2D eigenvalue weighted by molar-refractivity contribution is 5.94. The lowest BCUT2D eigenvalue weighted by atomic mass is 10.0. The van der Waals surface area contributed by atoms with Gasteiger partial charge in [0, 0.05) is 13.5 Å². The molecule has 1 aromatic heterocycles. The molecule has 0 spiro atoms. The molecule has 28 heavy (non-hydrogen) atoms. The number of amides is 1. The third-order valence-electron chi connectivity index (χ3n) is 4.89. The van der Waals surface area contributed by atoms with Gasteiger partial charge in [0.05, 0.1) is 22.6 Å². The zero-order valence-corrected chi connectivity index (χ0v) is 15.5. The van der Waals surface area contributed by atoms with Crippen molar-refractivity contribution in [3.8, 4) is 0 Å². The first-order chi connectivity index (χ1) is 13.6. The Kier molecular flexibility index (Phi) is 4.89. The summed E-state index contributed by atoms with van der Waals surface area (Å²) in [6.07, 6.45) is 0.495. The van der Waals surface area contributed by atoms with Crippen LogP contribution in [0.1, 0.15) is 27.8 Å². The number of hydrogen-bond donors (Lipinski definition) is 1. The van der Waals surface area contributed by atoms with Crippen molar-refractivity contribution in [2.45, 2.75) is 12.5 Å². The van der Waals surface area contributed by atoms with Gasteiger partial charge in [-0.1, -0.05) is 54.6 Å². The Balaban J connectivity index is 1.67. The fourth-order valence-electron chi connectivity index (χ4n) is 3.38. The molecule has 0 saturated heterocycles. The van der Waals surface area contributed by atoms with Gasteiger partial charge in [0.2, 0.25) is 0 Å². The summed E-state index contributed by atoms with van der Waals surface area (Å²) in [6.45, 7) is 0. The Morgan fingerprint density at radius 1 is 1.00 bits per heavy atom. The average molecular weight is 373 g/mol. The van der Waals surface area contributed by atoms with Crippen LogP contribution in [0, 0.1) is 5.82 Å². The Morgan fingerprint density at radius 3 is 2.43 bits per heavy atom. The summed E-state index contributed by atoms with van der Waals surface area (Å²) in [4.78, 5) is 17.4. The lowest BCUT2D eigenvalue weighted by molar-refractivity contribution is 0.0932. The van der Waals surface area contributed by atoms with E-state index < -0.39 is 11.7 Å². The van der Waals surface area contributed by atoms with Crippen molar-refractivity contribution in [2.24, 2.45) is 7.05 Å². The van der Waals surface area contributed by atoms with Crippen LogP contribution < -0.4 is 5.32 Å². The fourth-order valence-corrected chi connectivity index (χ4v) is 3.38. The van der Waals surface area contributed by atoms with Crippen molar-refractivity contribution in [2.75, 3.05) is 0 Å². The second-order valence-electron chi connectivity index (χ2n) is 6.70. The minimum Gasteiger partial charge on any atom is -0.345 e. The molecular formula is C23H20FN3O. The number of nitrogens with zero attached hydrogens (tertiary/aromatic N) is 2. The van der Waals surface area contributed by atoms with Crippen molar-refractivity contribution in [1.82, 2.24) is 14.9 Å². The molecule has 0 fully saturated rings. The van der Waals surface area contributed by atoms with Gasteiger partial charge in [0.15, 0.2) is 0 Å². The number of aryl methyl sites for hydroxylation is 1. The zero-order chi connectivity index (χ0) is 19.5. The summed E-state index contributed by atoms with van der Waals surface area (Å²) in [6, 6.07) is 23.3. The number of nitrogens with one attached hydrogen (secondary N) is 1. The van der Waals surface area contributed by atoms with Crippen molar-refractivity contribution < 1.29 is 9.18 Å². The normalized spacial score (nSPS) is 12.1. The number of benzene rings is 3. The number of aromatic nitrogens is 2. The number of carbonyl (C=O) groups is 1. The summed E-state index contributed by atoms with van der Waals surface area (Å²) in [7, 11) is 1.96. The van der Waals surface area contributed by atoms with E-state index in [4.69, 9.17) is 4.98 Å². The van der Waals surface area contributed by atoms with E-state index >= 15 is 0 Å². The maximum atomic E-state index is 14.0. The first-order valence-electron chi connectivity index (χ1n) is 9.14. The maximum absolute atomic E-state index is 14.0. The van der Waals surface area contributed by atoms with Crippen LogP contribution in [-0.4, -0.2) is 15.5 Å².